The van der Waals surface area contributed by atoms with Crippen molar-refractivity contribution in [2.45, 2.75) is 415 Å². The smallest absolute Gasteiger partial charge is 0.403 e. The van der Waals surface area contributed by atoms with Gasteiger partial charge in [0.1, 0.15) is 4.60 Å². The number of benzene rings is 4. The van der Waals surface area contributed by atoms with Crippen molar-refractivity contribution in [1.82, 2.24) is 15.0 Å². The molecule has 3 aliphatic heterocycles. The molecule has 16 nitrogen and oxygen atoms in total. The van der Waals surface area contributed by atoms with Gasteiger partial charge in [0.2, 0.25) is 0 Å². The number of hydrogen-bond donors (Lipinski definition) is 6. The van der Waals surface area contributed by atoms with Crippen molar-refractivity contribution in [2.24, 2.45) is 5.96 Å². The summed E-state index contributed by atoms with van der Waals surface area (Å²) in [5, 5.41) is 18.4. The monoisotopic (exact) mass is 2230 g/mol. The molecule has 3 fully saturated rings. The van der Waals surface area contributed by atoms with Crippen LogP contribution in [0, 0.1) is 27.7 Å². The molecule has 0 aliphatic carbocycles. The molecule has 0 amide bonds. The van der Waals surface area contributed by atoms with Crippen LogP contribution in [0.1, 0.15) is 355 Å². The number of anilines is 4. The molecule has 10 rings (SSSR count). The van der Waals surface area contributed by atoms with Gasteiger partial charge in [-0.1, -0.05) is 289 Å². The molecule has 3 aromatic heterocycles. The van der Waals surface area contributed by atoms with Crippen molar-refractivity contribution in [3.63, 3.8) is 0 Å². The minimum atomic E-state index is -2.21. The van der Waals surface area contributed by atoms with Crippen molar-refractivity contribution in [2.75, 3.05) is 49.9 Å². The van der Waals surface area contributed by atoms with E-state index in [4.69, 9.17) is 42.6 Å². The van der Waals surface area contributed by atoms with Crippen molar-refractivity contribution in [1.29, 1.82) is 0 Å². The van der Waals surface area contributed by atoms with Crippen LogP contribution in [0.5, 0.6) is 0 Å². The molecule has 6 heterocycles. The fourth-order valence-electron chi connectivity index (χ4n) is 11.3. The van der Waals surface area contributed by atoms with Crippen LogP contribution in [0.25, 0.3) is 0 Å². The molecule has 3 saturated heterocycles. The molecule has 7 N–H and O–H groups in total. The summed E-state index contributed by atoms with van der Waals surface area (Å²) in [6.07, 6.45) is 20.5. The van der Waals surface area contributed by atoms with E-state index < -0.39 is 32.4 Å². The molecule has 758 valence electrons. The summed E-state index contributed by atoms with van der Waals surface area (Å²) in [5.74, 6) is 3.00. The maximum atomic E-state index is 9.00. The van der Waals surface area contributed by atoms with E-state index in [2.05, 4.69) is 277 Å². The number of nitrogens with two attached hydrogens (primary N) is 1. The van der Waals surface area contributed by atoms with Gasteiger partial charge in [0.25, 0.3) is 0 Å². The normalized spacial score (nSPS) is 13.4. The van der Waals surface area contributed by atoms with E-state index >= 15 is 0 Å². The summed E-state index contributed by atoms with van der Waals surface area (Å²) in [7, 11) is -1.04. The van der Waals surface area contributed by atoms with Crippen molar-refractivity contribution >= 4 is 127 Å². The molecule has 0 spiro atoms. The third-order valence-electron chi connectivity index (χ3n) is 20.1. The summed E-state index contributed by atoms with van der Waals surface area (Å²) in [6.45, 7) is 89.0. The summed E-state index contributed by atoms with van der Waals surface area (Å²) in [6, 6.07) is 51.0. The zero-order chi connectivity index (χ0) is 103. The van der Waals surface area contributed by atoms with Gasteiger partial charge in [-0.15, -0.1) is 9.47 Å². The second-order valence-electron chi connectivity index (χ2n) is 30.4. The van der Waals surface area contributed by atoms with E-state index in [1.54, 1.807) is 9.91 Å². The Bertz CT molecular complexity index is 3380. The Hall–Kier alpha value is -3.97. The molecule has 3 aliphatic rings. The topological polar surface area (TPSA) is 198 Å². The van der Waals surface area contributed by atoms with Crippen LogP contribution < -0.4 is 31.1 Å². The van der Waals surface area contributed by atoms with Crippen LogP contribution >= 0.6 is 61.1 Å². The maximum Gasteiger partial charge on any atom is 0.457 e. The minimum Gasteiger partial charge on any atom is -0.403 e. The average Bonchev–Trinajstić information content (AvgIpc) is 1.59. The Balaban J connectivity index is -0.000000158. The molecule has 131 heavy (non-hydrogen) atoms. The fraction of sp³-hybridized carbons (Fsp3) is 0.636. The zero-order valence-electron chi connectivity index (χ0n) is 91.8. The second-order valence-corrected chi connectivity index (χ2v) is 46.4. The van der Waals surface area contributed by atoms with Gasteiger partial charge in [-0.2, -0.15) is 5.96 Å². The third kappa shape index (κ3) is 67.9. The number of para-hydroxylation sites is 4. The van der Waals surface area contributed by atoms with Gasteiger partial charge < -0.3 is 43.9 Å². The van der Waals surface area contributed by atoms with Gasteiger partial charge in [0.15, 0.2) is 0 Å². The standard InChI is InChI=1S/C16H26BNO2.C15H18N2.C12H24B2O4.C10H14IN.C7H9NO2.C5H4BrN.C5H4N.3C4H9.C3H7I.11C2H6.FH2N.Sn/c1-13-9-6-7-10-14(13)18-12-8-11-17-19-15(2,3)16(4,5)20-17;1-13-7-2-3-10-15(13)17-12-6-9-14-8-4-5-11-16-14;1-9(2)10(3,4)16-13(15-9)14-17-11(5,6)12(7,8)18-14;1-9-5-2-3-6-10(9)12-8-4-7-11;1-6-4-2-3-5-7(6)8-10-9;6-5-3-1-2-4-7-5;1-2-4-6-5-3-1;3*1-3-4-2;1-2-3-4;12*1-2;/h6-7,9-10,18H,8,11-12H2,1-5H3;2-5,7-8,10-11,17H,6,9,12H2,1H3;1-8H3;2-3,5-6,12H,4,7-8H2,1H3;2-5,8-9H,1H3;1-4H;1-4H;3*1,3-4H2,2H3;2-3H2,1H3;11*1-2H3;2H2;. The molecular weight excluding hydrogens is 2030 g/mol. The van der Waals surface area contributed by atoms with E-state index in [-0.39, 0.29) is 40.7 Å². The van der Waals surface area contributed by atoms with Crippen LogP contribution in [0.4, 0.5) is 27.2 Å². The fourth-order valence-corrected chi connectivity index (χ4v) is 27.4. The van der Waals surface area contributed by atoms with Crippen LogP contribution in [-0.2, 0) is 39.3 Å². The number of aromatic nitrogens is 3. The first-order valence-electron chi connectivity index (χ1n) is 50.1. The van der Waals surface area contributed by atoms with Crippen LogP contribution in [-0.4, -0.2) is 122 Å². The molecule has 24 heteroatoms. The van der Waals surface area contributed by atoms with Gasteiger partial charge in [-0.3, -0.25) is 4.98 Å². The summed E-state index contributed by atoms with van der Waals surface area (Å²) >= 11 is 5.74. The molecule has 4 aromatic carbocycles. The third-order valence-corrected chi connectivity index (χ3v) is 37.5. The molecule has 0 radical (unpaired) electrons. The summed E-state index contributed by atoms with van der Waals surface area (Å²) < 4.78 is 54.3. The predicted octanol–water partition coefficient (Wildman–Crippen LogP) is 34.5. The number of nitrogens with zero attached hydrogens (tertiary/aromatic N) is 3. The van der Waals surface area contributed by atoms with Crippen LogP contribution in [0.15, 0.2) is 175 Å². The van der Waals surface area contributed by atoms with Gasteiger partial charge in [-0.25, -0.2) is 15.7 Å². The average molecular weight is 2230 g/mol. The van der Waals surface area contributed by atoms with Gasteiger partial charge >= 0.3 is 145 Å². The Kier molecular flexibility index (Phi) is 110. The number of nitrogens with one attached hydrogen (secondary N) is 4. The number of halogens is 4. The molecule has 0 saturated carbocycles. The second kappa shape index (κ2) is 97.7. The Morgan fingerprint density at radius 1 is 0.366 bits per heavy atom. The molecule has 0 unspecified atom stereocenters. The van der Waals surface area contributed by atoms with Crippen LogP contribution in [0.3, 0.4) is 0 Å². The first kappa shape index (κ1) is 147. The first-order valence-corrected chi connectivity index (χ1v) is 61.5. The SMILES string of the molecule is Brc1ccccn1.CC.CC.CC.CC.CC.CC.CC.CC.CC.CC.CC.CC1(C)OB(B2OC(C)(C)C(C)(C)O2)OC1(C)C.CCCI.CCC[CH2][Sn]([CH2]CCC)([CH2]CCC)[c]1ccccn1.Cc1ccccc1NCCCB1OC(C)(C)C(C)(C)O1.Cc1ccccc1NCCCI.Cc1ccccc1NCCCc1ccccn1.Cc1ccccc1NOO.NF. The van der Waals surface area contributed by atoms with E-state index in [1.807, 2.05) is 282 Å². The summed E-state index contributed by atoms with van der Waals surface area (Å²) in [4.78, 5) is 16.8. The Morgan fingerprint density at radius 3 is 0.908 bits per heavy atom. The van der Waals surface area contributed by atoms with Crippen molar-refractivity contribution < 1.29 is 42.7 Å². The summed E-state index contributed by atoms with van der Waals surface area (Å²) in [5.41, 5.74) is 11.0. The molecular formula is C107H201B3BrFI2N8O8Sn. The largest absolute Gasteiger partial charge is 0.457 e. The van der Waals surface area contributed by atoms with Crippen molar-refractivity contribution in [3.8, 4) is 0 Å². The Morgan fingerprint density at radius 2 is 0.649 bits per heavy atom. The molecule has 0 atom stereocenters. The van der Waals surface area contributed by atoms with Crippen LogP contribution in [0.2, 0.25) is 19.6 Å². The predicted molar refractivity (Wildman–Crippen MR) is 611 cm³/mol. The number of hydrogen-bond acceptors (Lipinski definition) is 16. The van der Waals surface area contributed by atoms with E-state index in [0.717, 1.165) is 61.1 Å². The number of alkyl halides is 2. The van der Waals surface area contributed by atoms with E-state index in [9.17, 15) is 0 Å². The maximum absolute atomic E-state index is 9.00. The number of rotatable bonds is 28. The molecule has 7 aromatic rings. The van der Waals surface area contributed by atoms with Gasteiger partial charge in [0, 0.05) is 59.2 Å². The number of pyridine rings is 3. The van der Waals surface area contributed by atoms with Gasteiger partial charge in [-0.05, 0) is 240 Å². The zero-order valence-corrected chi connectivity index (χ0v) is 101. The number of unbranched alkanes of at least 4 members (excludes halogenated alkanes) is 3. The Labute approximate surface area is 850 Å². The van der Waals surface area contributed by atoms with Gasteiger partial charge in [0.05, 0.1) is 39.3 Å². The van der Waals surface area contributed by atoms with Crippen molar-refractivity contribution in [3.05, 3.63) is 203 Å². The minimum absolute atomic E-state index is 0.0846. The molecule has 0 bridgehead atoms. The van der Waals surface area contributed by atoms with E-state index in [1.165, 1.54) is 113 Å². The van der Waals surface area contributed by atoms with E-state index in [0.29, 0.717) is 0 Å². The quantitative estimate of drug-likeness (QED) is 0.00395. The first-order chi connectivity index (χ1) is 62.8. The number of aryl methyl sites for hydroxylation is 5.